The minimum Gasteiger partial charge on any atom is -0.436 e. The molecule has 0 aliphatic rings. The maximum atomic E-state index is 11.3. The number of carbonyl (C=O) groups excluding carboxylic acids is 2. The predicted octanol–water partition coefficient (Wildman–Crippen LogP) is 1.72. The van der Waals surface area contributed by atoms with Crippen LogP contribution in [0.25, 0.3) is 0 Å². The van der Waals surface area contributed by atoms with Gasteiger partial charge in [-0.05, 0) is 17.2 Å². The molecule has 1 N–H and O–H groups in total. The second-order valence-corrected chi connectivity index (χ2v) is 3.84. The molecule has 0 saturated heterocycles. The predicted molar refractivity (Wildman–Crippen MR) is 68.1 cm³/mol. The number of nitrogens with one attached hydrogen (secondary N) is 1. The highest BCUT2D eigenvalue weighted by Gasteiger charge is 2.19. The standard InChI is InChI=1S/C13H12ClNO3/c1-2-8-18-13(17)15-11(12(14)16)9-10-6-4-3-5-7-10/h1,3-7,11H,8-9H2,(H,15,17)/t11-/m0/s1. The van der Waals surface area contributed by atoms with E-state index in [-0.39, 0.29) is 6.61 Å². The van der Waals surface area contributed by atoms with Crippen molar-refractivity contribution in [3.05, 3.63) is 35.9 Å². The molecule has 1 aromatic rings. The minimum absolute atomic E-state index is 0.152. The molecule has 1 rings (SSSR count). The van der Waals surface area contributed by atoms with Crippen molar-refractivity contribution in [3.8, 4) is 12.3 Å². The highest BCUT2D eigenvalue weighted by molar-refractivity contribution is 6.64. The molecule has 4 nitrogen and oxygen atoms in total. The lowest BCUT2D eigenvalue weighted by molar-refractivity contribution is -0.113. The third kappa shape index (κ3) is 4.89. The molecule has 5 heteroatoms. The molecule has 1 amide bonds. The van der Waals surface area contributed by atoms with E-state index in [1.807, 2.05) is 30.3 Å². The van der Waals surface area contributed by atoms with Crippen LogP contribution in [0.1, 0.15) is 5.56 Å². The molecule has 0 aliphatic carbocycles. The zero-order valence-electron chi connectivity index (χ0n) is 9.56. The van der Waals surface area contributed by atoms with E-state index in [1.165, 1.54) is 0 Å². The Kier molecular flexibility index (Phi) is 5.75. The van der Waals surface area contributed by atoms with Gasteiger partial charge in [-0.25, -0.2) is 4.79 Å². The van der Waals surface area contributed by atoms with Crippen LogP contribution in [-0.2, 0) is 16.0 Å². The zero-order chi connectivity index (χ0) is 13.4. The van der Waals surface area contributed by atoms with E-state index in [9.17, 15) is 9.59 Å². The minimum atomic E-state index is -0.834. The van der Waals surface area contributed by atoms with Gasteiger partial charge in [-0.2, -0.15) is 0 Å². The van der Waals surface area contributed by atoms with Crippen molar-refractivity contribution in [1.82, 2.24) is 5.32 Å². The normalized spacial score (nSPS) is 11.1. The van der Waals surface area contributed by atoms with Crippen LogP contribution >= 0.6 is 11.6 Å². The van der Waals surface area contributed by atoms with Crippen molar-refractivity contribution in [3.63, 3.8) is 0 Å². The molecule has 0 radical (unpaired) electrons. The molecule has 1 atom stereocenters. The number of amides is 1. The van der Waals surface area contributed by atoms with E-state index in [4.69, 9.17) is 18.0 Å². The number of carbonyl (C=O) groups is 2. The van der Waals surface area contributed by atoms with E-state index < -0.39 is 17.4 Å². The number of halogens is 1. The van der Waals surface area contributed by atoms with Crippen LogP contribution in [0.4, 0.5) is 4.79 Å². The first-order valence-electron chi connectivity index (χ1n) is 5.23. The summed E-state index contributed by atoms with van der Waals surface area (Å²) in [5.41, 5.74) is 0.883. The molecule has 0 saturated carbocycles. The number of hydrogen-bond donors (Lipinski definition) is 1. The molecular formula is C13H12ClNO3. The summed E-state index contributed by atoms with van der Waals surface area (Å²) in [7, 11) is 0. The molecule has 1 aromatic carbocycles. The Morgan fingerprint density at radius 3 is 2.61 bits per heavy atom. The Morgan fingerprint density at radius 2 is 2.06 bits per heavy atom. The Hall–Kier alpha value is -1.99. The second-order valence-electron chi connectivity index (χ2n) is 3.47. The van der Waals surface area contributed by atoms with Gasteiger partial charge >= 0.3 is 6.09 Å². The topological polar surface area (TPSA) is 55.4 Å². The smallest absolute Gasteiger partial charge is 0.408 e. The van der Waals surface area contributed by atoms with Crippen LogP contribution in [0.3, 0.4) is 0 Å². The number of alkyl carbamates (subject to hydrolysis) is 1. The maximum Gasteiger partial charge on any atom is 0.408 e. The van der Waals surface area contributed by atoms with Gasteiger partial charge in [-0.15, -0.1) is 6.42 Å². The Bertz CT molecular complexity index is 453. The van der Waals surface area contributed by atoms with E-state index in [0.29, 0.717) is 6.42 Å². The number of ether oxygens (including phenoxy) is 1. The van der Waals surface area contributed by atoms with E-state index in [2.05, 4.69) is 16.0 Å². The molecule has 0 aliphatic heterocycles. The van der Waals surface area contributed by atoms with E-state index in [0.717, 1.165) is 5.56 Å². The van der Waals surface area contributed by atoms with Gasteiger partial charge in [-0.3, -0.25) is 4.79 Å². The Morgan fingerprint density at radius 1 is 1.39 bits per heavy atom. The van der Waals surface area contributed by atoms with E-state index in [1.54, 1.807) is 0 Å². The average molecular weight is 266 g/mol. The number of rotatable bonds is 5. The Balaban J connectivity index is 2.59. The summed E-state index contributed by atoms with van der Waals surface area (Å²) >= 11 is 5.42. The summed E-state index contributed by atoms with van der Waals surface area (Å²) in [6, 6.07) is 8.36. The first kappa shape index (κ1) is 14.1. The summed E-state index contributed by atoms with van der Waals surface area (Å²) in [6.45, 7) is -0.152. The third-order valence-corrected chi connectivity index (χ3v) is 2.40. The second kappa shape index (κ2) is 7.36. The van der Waals surface area contributed by atoms with Crippen molar-refractivity contribution in [2.45, 2.75) is 12.5 Å². The van der Waals surface area contributed by atoms with Crippen LogP contribution in [0.15, 0.2) is 30.3 Å². The van der Waals surface area contributed by atoms with Gasteiger partial charge in [0, 0.05) is 6.42 Å². The fraction of sp³-hybridized carbons (Fsp3) is 0.231. The highest BCUT2D eigenvalue weighted by atomic mass is 35.5. The molecule has 0 aromatic heterocycles. The van der Waals surface area contributed by atoms with Crippen LogP contribution in [0.2, 0.25) is 0 Å². The monoisotopic (exact) mass is 265 g/mol. The third-order valence-electron chi connectivity index (χ3n) is 2.14. The zero-order valence-corrected chi connectivity index (χ0v) is 10.3. The molecule has 0 heterocycles. The van der Waals surface area contributed by atoms with Gasteiger partial charge in [0.15, 0.2) is 6.61 Å². The van der Waals surface area contributed by atoms with Crippen LogP contribution < -0.4 is 5.32 Å². The van der Waals surface area contributed by atoms with Crippen molar-refractivity contribution >= 4 is 22.9 Å². The summed E-state index contributed by atoms with van der Waals surface area (Å²) in [4.78, 5) is 22.5. The van der Waals surface area contributed by atoms with E-state index >= 15 is 0 Å². The first-order chi connectivity index (χ1) is 8.63. The average Bonchev–Trinajstić information content (AvgIpc) is 2.36. The highest BCUT2D eigenvalue weighted by Crippen LogP contribution is 2.05. The van der Waals surface area contributed by atoms with Crippen molar-refractivity contribution in [2.75, 3.05) is 6.61 Å². The first-order valence-corrected chi connectivity index (χ1v) is 5.61. The Labute approximate surface area is 110 Å². The van der Waals surface area contributed by atoms with Gasteiger partial charge in [0.25, 0.3) is 0 Å². The lowest BCUT2D eigenvalue weighted by Crippen LogP contribution is -2.40. The van der Waals surface area contributed by atoms with Gasteiger partial charge in [0.2, 0.25) is 5.24 Å². The van der Waals surface area contributed by atoms with Crippen LogP contribution in [0.5, 0.6) is 0 Å². The molecule has 0 unspecified atom stereocenters. The van der Waals surface area contributed by atoms with Gasteiger partial charge in [0.1, 0.15) is 6.04 Å². The van der Waals surface area contributed by atoms with Gasteiger partial charge in [0.05, 0.1) is 0 Å². The SMILES string of the molecule is C#CCOC(=O)N[C@@H](Cc1ccccc1)C(=O)Cl. The molecular weight excluding hydrogens is 254 g/mol. The quantitative estimate of drug-likeness (QED) is 0.652. The largest absolute Gasteiger partial charge is 0.436 e. The molecule has 0 fully saturated rings. The summed E-state index contributed by atoms with van der Waals surface area (Å²) in [5, 5.41) is 1.71. The number of terminal acetylenes is 1. The fourth-order valence-corrected chi connectivity index (χ4v) is 1.46. The van der Waals surface area contributed by atoms with Crippen LogP contribution in [0, 0.1) is 12.3 Å². The summed E-state index contributed by atoms with van der Waals surface area (Å²) < 4.78 is 4.61. The summed E-state index contributed by atoms with van der Waals surface area (Å²) in [6.07, 6.45) is 4.48. The van der Waals surface area contributed by atoms with Crippen molar-refractivity contribution in [1.29, 1.82) is 0 Å². The van der Waals surface area contributed by atoms with Crippen LogP contribution in [-0.4, -0.2) is 24.0 Å². The van der Waals surface area contributed by atoms with Gasteiger partial charge < -0.3 is 10.1 Å². The summed E-state index contributed by atoms with van der Waals surface area (Å²) in [5.74, 6) is 2.15. The fourth-order valence-electron chi connectivity index (χ4n) is 1.33. The number of benzene rings is 1. The molecule has 94 valence electrons. The van der Waals surface area contributed by atoms with Gasteiger partial charge in [-0.1, -0.05) is 36.3 Å². The lowest BCUT2D eigenvalue weighted by Gasteiger charge is -2.14. The molecule has 0 bridgehead atoms. The lowest BCUT2D eigenvalue weighted by atomic mass is 10.1. The van der Waals surface area contributed by atoms with Crippen molar-refractivity contribution in [2.24, 2.45) is 0 Å². The molecule has 18 heavy (non-hydrogen) atoms. The molecule has 0 spiro atoms. The number of hydrogen-bond acceptors (Lipinski definition) is 3. The van der Waals surface area contributed by atoms with Crippen molar-refractivity contribution < 1.29 is 14.3 Å². The maximum absolute atomic E-state index is 11.3.